The Balaban J connectivity index is 2.26. The SMILES string of the molecule is CCOCCN(CCOCC)CC(O)CN1CCNCC1. The number of aliphatic hydroxyl groups is 1. The van der Waals surface area contributed by atoms with Crippen molar-refractivity contribution in [3.8, 4) is 0 Å². The van der Waals surface area contributed by atoms with Crippen LogP contribution in [0.1, 0.15) is 13.8 Å². The van der Waals surface area contributed by atoms with Crippen molar-refractivity contribution >= 4 is 0 Å². The number of hydrogen-bond donors (Lipinski definition) is 2. The van der Waals surface area contributed by atoms with E-state index in [0.29, 0.717) is 19.8 Å². The van der Waals surface area contributed by atoms with Gasteiger partial charge in [-0.15, -0.1) is 0 Å². The molecule has 1 heterocycles. The molecule has 21 heavy (non-hydrogen) atoms. The zero-order valence-electron chi connectivity index (χ0n) is 13.7. The molecule has 0 saturated carbocycles. The van der Waals surface area contributed by atoms with Crippen molar-refractivity contribution in [3.05, 3.63) is 0 Å². The van der Waals surface area contributed by atoms with E-state index in [1.54, 1.807) is 0 Å². The van der Waals surface area contributed by atoms with E-state index in [4.69, 9.17) is 9.47 Å². The second-order valence-electron chi connectivity index (χ2n) is 5.40. The molecule has 1 unspecified atom stereocenters. The summed E-state index contributed by atoms with van der Waals surface area (Å²) in [7, 11) is 0. The Morgan fingerprint density at radius 1 is 1.10 bits per heavy atom. The van der Waals surface area contributed by atoms with Gasteiger partial charge in [0.15, 0.2) is 0 Å². The van der Waals surface area contributed by atoms with E-state index in [9.17, 15) is 5.11 Å². The van der Waals surface area contributed by atoms with Gasteiger partial charge in [-0.25, -0.2) is 0 Å². The van der Waals surface area contributed by atoms with Gasteiger partial charge >= 0.3 is 0 Å². The van der Waals surface area contributed by atoms with Crippen LogP contribution in [0.3, 0.4) is 0 Å². The fraction of sp³-hybridized carbons (Fsp3) is 1.00. The van der Waals surface area contributed by atoms with Crippen molar-refractivity contribution in [3.63, 3.8) is 0 Å². The molecule has 0 radical (unpaired) electrons. The van der Waals surface area contributed by atoms with Gasteiger partial charge in [0.25, 0.3) is 0 Å². The smallest absolute Gasteiger partial charge is 0.0793 e. The number of nitrogens with one attached hydrogen (secondary N) is 1. The molecule has 0 amide bonds. The molecule has 1 rings (SSSR count). The lowest BCUT2D eigenvalue weighted by Gasteiger charge is -2.31. The van der Waals surface area contributed by atoms with Crippen LogP contribution in [-0.4, -0.2) is 99.8 Å². The molecule has 6 nitrogen and oxygen atoms in total. The molecule has 1 atom stereocenters. The fourth-order valence-electron chi connectivity index (χ4n) is 2.52. The van der Waals surface area contributed by atoms with E-state index in [0.717, 1.165) is 59.0 Å². The standard InChI is InChI=1S/C15H33N3O3/c1-3-20-11-9-18(10-12-21-4-2)14-15(19)13-17-7-5-16-6-8-17/h15-16,19H,3-14H2,1-2H3. The van der Waals surface area contributed by atoms with Gasteiger partial charge in [-0.05, 0) is 13.8 Å². The average Bonchev–Trinajstić information content (AvgIpc) is 2.48. The van der Waals surface area contributed by atoms with Gasteiger partial charge in [-0.2, -0.15) is 0 Å². The van der Waals surface area contributed by atoms with Gasteiger partial charge in [-0.1, -0.05) is 0 Å². The van der Waals surface area contributed by atoms with Crippen LogP contribution >= 0.6 is 0 Å². The Bertz CT molecular complexity index is 228. The van der Waals surface area contributed by atoms with Gasteiger partial charge in [0.2, 0.25) is 0 Å². The van der Waals surface area contributed by atoms with Crippen molar-refractivity contribution < 1.29 is 14.6 Å². The predicted octanol–water partition coefficient (Wildman–Crippen LogP) is -0.372. The average molecular weight is 303 g/mol. The van der Waals surface area contributed by atoms with Crippen molar-refractivity contribution in [2.45, 2.75) is 20.0 Å². The highest BCUT2D eigenvalue weighted by Crippen LogP contribution is 1.99. The summed E-state index contributed by atoms with van der Waals surface area (Å²) in [6.45, 7) is 14.1. The number of aliphatic hydroxyl groups excluding tert-OH is 1. The first-order chi connectivity index (χ1) is 10.3. The number of nitrogens with zero attached hydrogens (tertiary/aromatic N) is 2. The van der Waals surface area contributed by atoms with Crippen LogP contribution in [0, 0.1) is 0 Å². The van der Waals surface area contributed by atoms with E-state index < -0.39 is 0 Å². The van der Waals surface area contributed by atoms with E-state index >= 15 is 0 Å². The van der Waals surface area contributed by atoms with Crippen LogP contribution in [-0.2, 0) is 9.47 Å². The highest BCUT2D eigenvalue weighted by Gasteiger charge is 2.17. The Kier molecular flexibility index (Phi) is 11.0. The van der Waals surface area contributed by atoms with Gasteiger partial charge in [0.05, 0.1) is 19.3 Å². The Morgan fingerprint density at radius 3 is 2.19 bits per heavy atom. The van der Waals surface area contributed by atoms with Crippen molar-refractivity contribution in [2.75, 3.05) is 78.8 Å². The van der Waals surface area contributed by atoms with Crippen LogP contribution in [0.25, 0.3) is 0 Å². The van der Waals surface area contributed by atoms with Crippen molar-refractivity contribution in [1.82, 2.24) is 15.1 Å². The predicted molar refractivity (Wildman–Crippen MR) is 84.7 cm³/mol. The monoisotopic (exact) mass is 303 g/mol. The third-order valence-corrected chi connectivity index (χ3v) is 3.66. The minimum absolute atomic E-state index is 0.314. The first-order valence-corrected chi connectivity index (χ1v) is 8.25. The first-order valence-electron chi connectivity index (χ1n) is 8.25. The van der Waals surface area contributed by atoms with Crippen LogP contribution < -0.4 is 5.32 Å². The zero-order valence-corrected chi connectivity index (χ0v) is 13.7. The Hall–Kier alpha value is -0.240. The summed E-state index contributed by atoms with van der Waals surface area (Å²) in [6, 6.07) is 0. The summed E-state index contributed by atoms with van der Waals surface area (Å²) < 4.78 is 10.8. The number of piperazine rings is 1. The number of ether oxygens (including phenoxy) is 2. The maximum atomic E-state index is 10.3. The normalized spacial score (nSPS) is 18.3. The van der Waals surface area contributed by atoms with E-state index in [-0.39, 0.29) is 6.10 Å². The van der Waals surface area contributed by atoms with E-state index in [1.807, 2.05) is 13.8 Å². The van der Waals surface area contributed by atoms with Crippen LogP contribution in [0.2, 0.25) is 0 Å². The lowest BCUT2D eigenvalue weighted by Crippen LogP contribution is -2.48. The molecule has 2 N–H and O–H groups in total. The van der Waals surface area contributed by atoms with Crippen LogP contribution in [0.15, 0.2) is 0 Å². The summed E-state index contributed by atoms with van der Waals surface area (Å²) in [4.78, 5) is 4.56. The lowest BCUT2D eigenvalue weighted by atomic mass is 10.2. The van der Waals surface area contributed by atoms with Crippen molar-refractivity contribution in [2.24, 2.45) is 0 Å². The molecular weight excluding hydrogens is 270 g/mol. The van der Waals surface area contributed by atoms with Gasteiger partial charge in [-0.3, -0.25) is 9.80 Å². The molecule has 0 spiro atoms. The van der Waals surface area contributed by atoms with Gasteiger partial charge in [0, 0.05) is 65.6 Å². The molecule has 126 valence electrons. The minimum Gasteiger partial charge on any atom is -0.390 e. The largest absolute Gasteiger partial charge is 0.390 e. The van der Waals surface area contributed by atoms with E-state index in [1.165, 1.54) is 0 Å². The topological polar surface area (TPSA) is 57.2 Å². The fourth-order valence-corrected chi connectivity index (χ4v) is 2.52. The number of rotatable bonds is 12. The zero-order chi connectivity index (χ0) is 15.3. The molecule has 0 aliphatic carbocycles. The summed E-state index contributed by atoms with van der Waals surface area (Å²) >= 11 is 0. The first kappa shape index (κ1) is 18.8. The Morgan fingerprint density at radius 2 is 1.67 bits per heavy atom. The molecule has 0 aromatic heterocycles. The number of β-amino-alcohol motifs (C(OH)–C–C–N with tert-alkyl or cyclic N) is 1. The molecule has 0 aromatic rings. The summed E-state index contributed by atoms with van der Waals surface area (Å²) in [6.07, 6.45) is -0.314. The Labute approximate surface area is 129 Å². The highest BCUT2D eigenvalue weighted by atomic mass is 16.5. The van der Waals surface area contributed by atoms with Crippen LogP contribution in [0.4, 0.5) is 0 Å². The molecule has 6 heteroatoms. The second-order valence-corrected chi connectivity index (χ2v) is 5.40. The minimum atomic E-state index is -0.314. The molecule has 1 aliphatic heterocycles. The quantitative estimate of drug-likeness (QED) is 0.480. The third-order valence-electron chi connectivity index (χ3n) is 3.66. The summed E-state index contributed by atoms with van der Waals surface area (Å²) in [5.74, 6) is 0. The van der Waals surface area contributed by atoms with Crippen molar-refractivity contribution in [1.29, 1.82) is 0 Å². The third kappa shape index (κ3) is 9.39. The molecular formula is C15H33N3O3. The second kappa shape index (κ2) is 12.3. The van der Waals surface area contributed by atoms with Gasteiger partial charge in [0.1, 0.15) is 0 Å². The summed E-state index contributed by atoms with van der Waals surface area (Å²) in [5.41, 5.74) is 0. The molecule has 0 aromatic carbocycles. The molecule has 1 aliphatic rings. The van der Waals surface area contributed by atoms with Crippen LogP contribution in [0.5, 0.6) is 0 Å². The molecule has 0 bridgehead atoms. The van der Waals surface area contributed by atoms with E-state index in [2.05, 4.69) is 15.1 Å². The number of hydrogen-bond acceptors (Lipinski definition) is 6. The lowest BCUT2D eigenvalue weighted by molar-refractivity contribution is 0.0380. The molecule has 1 fully saturated rings. The summed E-state index contributed by atoms with van der Waals surface area (Å²) in [5, 5.41) is 13.6. The maximum absolute atomic E-state index is 10.3. The van der Waals surface area contributed by atoms with Gasteiger partial charge < -0.3 is 19.9 Å². The maximum Gasteiger partial charge on any atom is 0.0793 e. The molecule has 1 saturated heterocycles. The highest BCUT2D eigenvalue weighted by molar-refractivity contribution is 4.73.